The quantitative estimate of drug-likeness (QED) is 0.887. The maximum Gasteiger partial charge on any atom is 0.339 e. The first kappa shape index (κ1) is 14.4. The normalized spacial score (nSPS) is 15.3. The van der Waals surface area contributed by atoms with Gasteiger partial charge in [0, 0.05) is 13.1 Å². The zero-order chi connectivity index (χ0) is 14.7. The monoisotopic (exact) mass is 280 g/mol. The minimum absolute atomic E-state index is 0.137. The fourth-order valence-electron chi connectivity index (χ4n) is 2.59. The number of furan rings is 1. The van der Waals surface area contributed by atoms with Gasteiger partial charge in [-0.15, -0.1) is 0 Å². The predicted molar refractivity (Wildman–Crippen MR) is 72.7 cm³/mol. The number of urea groups is 1. The van der Waals surface area contributed by atoms with E-state index < -0.39 is 5.97 Å². The Kier molecular flexibility index (Phi) is 4.32. The van der Waals surface area contributed by atoms with E-state index in [-0.39, 0.29) is 18.1 Å². The summed E-state index contributed by atoms with van der Waals surface area (Å²) >= 11 is 0. The number of carbonyl (C=O) groups is 2. The number of hydrogen-bond donors (Lipinski definition) is 2. The Balaban J connectivity index is 1.89. The van der Waals surface area contributed by atoms with Crippen molar-refractivity contribution in [1.82, 2.24) is 10.2 Å². The van der Waals surface area contributed by atoms with Gasteiger partial charge in [-0.1, -0.05) is 12.8 Å². The highest BCUT2D eigenvalue weighted by Crippen LogP contribution is 2.22. The molecule has 2 amide bonds. The first-order valence-corrected chi connectivity index (χ1v) is 6.82. The lowest BCUT2D eigenvalue weighted by atomic mass is 10.2. The second kappa shape index (κ2) is 5.98. The average Bonchev–Trinajstić information content (AvgIpc) is 3.04. The van der Waals surface area contributed by atoms with Gasteiger partial charge in [-0.25, -0.2) is 9.59 Å². The molecule has 6 nitrogen and oxygen atoms in total. The van der Waals surface area contributed by atoms with Gasteiger partial charge in [0.15, 0.2) is 0 Å². The molecule has 2 rings (SSSR count). The van der Waals surface area contributed by atoms with Crippen molar-refractivity contribution in [2.75, 3.05) is 7.05 Å². The lowest BCUT2D eigenvalue weighted by Crippen LogP contribution is -2.42. The summed E-state index contributed by atoms with van der Waals surface area (Å²) in [5.74, 6) is -0.217. The maximum atomic E-state index is 12.0. The molecule has 0 atom stereocenters. The lowest BCUT2D eigenvalue weighted by Gasteiger charge is -2.24. The Hall–Kier alpha value is -1.98. The van der Waals surface area contributed by atoms with Gasteiger partial charge in [-0.3, -0.25) is 0 Å². The van der Waals surface area contributed by atoms with E-state index in [1.165, 1.54) is 18.9 Å². The van der Waals surface area contributed by atoms with Gasteiger partial charge >= 0.3 is 12.0 Å². The molecule has 0 spiro atoms. The van der Waals surface area contributed by atoms with Crippen molar-refractivity contribution in [2.24, 2.45) is 0 Å². The highest BCUT2D eigenvalue weighted by atomic mass is 16.4. The van der Waals surface area contributed by atoms with Crippen molar-refractivity contribution in [3.8, 4) is 0 Å². The first-order chi connectivity index (χ1) is 9.49. The van der Waals surface area contributed by atoms with Gasteiger partial charge in [-0.05, 0) is 25.8 Å². The molecule has 1 aliphatic rings. The molecule has 20 heavy (non-hydrogen) atoms. The number of carboxylic acids is 1. The SMILES string of the molecule is Cc1oc(CNC(=O)N(C)C2CCCC2)cc1C(=O)O. The number of aromatic carboxylic acids is 1. The summed E-state index contributed by atoms with van der Waals surface area (Å²) in [6.45, 7) is 1.80. The summed E-state index contributed by atoms with van der Waals surface area (Å²) in [6, 6.07) is 1.61. The van der Waals surface area contributed by atoms with Crippen LogP contribution in [-0.4, -0.2) is 35.1 Å². The minimum atomic E-state index is -1.02. The smallest absolute Gasteiger partial charge is 0.339 e. The first-order valence-electron chi connectivity index (χ1n) is 6.82. The van der Waals surface area contributed by atoms with E-state index in [4.69, 9.17) is 9.52 Å². The van der Waals surface area contributed by atoms with E-state index in [9.17, 15) is 9.59 Å². The number of nitrogens with one attached hydrogen (secondary N) is 1. The lowest BCUT2D eigenvalue weighted by molar-refractivity contribution is 0.0695. The summed E-state index contributed by atoms with van der Waals surface area (Å²) in [7, 11) is 1.79. The van der Waals surface area contributed by atoms with E-state index in [1.807, 2.05) is 0 Å². The predicted octanol–water partition coefficient (Wildman–Crippen LogP) is 2.37. The van der Waals surface area contributed by atoms with Crippen LogP contribution in [0, 0.1) is 6.92 Å². The van der Waals surface area contributed by atoms with Crippen LogP contribution < -0.4 is 5.32 Å². The molecule has 1 saturated carbocycles. The summed E-state index contributed by atoms with van der Waals surface area (Å²) in [5.41, 5.74) is 0.137. The third-order valence-corrected chi connectivity index (χ3v) is 3.81. The van der Waals surface area contributed by atoms with Crippen LogP contribution in [0.1, 0.15) is 47.6 Å². The Bertz CT molecular complexity index is 503. The van der Waals surface area contributed by atoms with E-state index >= 15 is 0 Å². The summed E-state index contributed by atoms with van der Waals surface area (Å²) < 4.78 is 5.32. The van der Waals surface area contributed by atoms with E-state index in [2.05, 4.69) is 5.32 Å². The summed E-state index contributed by atoms with van der Waals surface area (Å²) in [4.78, 5) is 24.6. The molecule has 1 aromatic heterocycles. The molecule has 0 aliphatic heterocycles. The number of rotatable bonds is 4. The van der Waals surface area contributed by atoms with Gasteiger partial charge in [0.25, 0.3) is 0 Å². The fourth-order valence-corrected chi connectivity index (χ4v) is 2.59. The third kappa shape index (κ3) is 3.12. The number of amides is 2. The van der Waals surface area contributed by atoms with Crippen LogP contribution >= 0.6 is 0 Å². The molecule has 1 fully saturated rings. The second-order valence-corrected chi connectivity index (χ2v) is 5.20. The van der Waals surface area contributed by atoms with E-state index in [1.54, 1.807) is 18.9 Å². The molecule has 1 heterocycles. The number of nitrogens with zero attached hydrogens (tertiary/aromatic N) is 1. The largest absolute Gasteiger partial charge is 0.478 e. The molecular weight excluding hydrogens is 260 g/mol. The van der Waals surface area contributed by atoms with Gasteiger partial charge in [0.05, 0.1) is 6.54 Å². The zero-order valence-electron chi connectivity index (χ0n) is 11.8. The van der Waals surface area contributed by atoms with Gasteiger partial charge in [0.1, 0.15) is 17.1 Å². The Morgan fingerprint density at radius 3 is 2.65 bits per heavy atom. The molecule has 0 radical (unpaired) electrons. The molecule has 0 saturated heterocycles. The van der Waals surface area contributed by atoms with Crippen LogP contribution in [0.5, 0.6) is 0 Å². The summed E-state index contributed by atoms with van der Waals surface area (Å²) in [6.07, 6.45) is 4.43. The Morgan fingerprint density at radius 1 is 1.45 bits per heavy atom. The van der Waals surface area contributed by atoms with E-state index in [0.717, 1.165) is 12.8 Å². The Labute approximate surface area is 117 Å². The molecule has 0 aromatic carbocycles. The van der Waals surface area contributed by atoms with Crippen molar-refractivity contribution in [1.29, 1.82) is 0 Å². The van der Waals surface area contributed by atoms with E-state index in [0.29, 0.717) is 17.6 Å². The molecule has 0 bridgehead atoms. The maximum absolute atomic E-state index is 12.0. The number of carboxylic acid groups (broad SMARTS) is 1. The van der Waals surface area contributed by atoms with Crippen molar-refractivity contribution in [2.45, 2.75) is 45.2 Å². The van der Waals surface area contributed by atoms with Crippen molar-refractivity contribution >= 4 is 12.0 Å². The van der Waals surface area contributed by atoms with Crippen LogP contribution in [0.3, 0.4) is 0 Å². The van der Waals surface area contributed by atoms with Crippen LogP contribution in [0.25, 0.3) is 0 Å². The number of aryl methyl sites for hydroxylation is 1. The highest BCUT2D eigenvalue weighted by Gasteiger charge is 2.23. The van der Waals surface area contributed by atoms with Crippen molar-refractivity contribution in [3.05, 3.63) is 23.2 Å². The zero-order valence-corrected chi connectivity index (χ0v) is 11.8. The van der Waals surface area contributed by atoms with Gasteiger partial charge in [0.2, 0.25) is 0 Å². The minimum Gasteiger partial charge on any atom is -0.478 e. The highest BCUT2D eigenvalue weighted by molar-refractivity contribution is 5.88. The molecule has 6 heteroatoms. The Morgan fingerprint density at radius 2 is 2.10 bits per heavy atom. The third-order valence-electron chi connectivity index (χ3n) is 3.81. The molecule has 110 valence electrons. The molecule has 1 aromatic rings. The summed E-state index contributed by atoms with van der Waals surface area (Å²) in [5, 5.41) is 11.7. The number of carbonyl (C=O) groups excluding carboxylic acids is 1. The van der Waals surface area contributed by atoms with Crippen LogP contribution in [0.2, 0.25) is 0 Å². The van der Waals surface area contributed by atoms with Crippen LogP contribution in [0.4, 0.5) is 4.79 Å². The average molecular weight is 280 g/mol. The van der Waals surface area contributed by atoms with Gasteiger partial charge in [-0.2, -0.15) is 0 Å². The molecular formula is C14H20N2O4. The molecule has 1 aliphatic carbocycles. The van der Waals surface area contributed by atoms with Gasteiger partial charge < -0.3 is 19.7 Å². The standard InChI is InChI=1S/C14H20N2O4/c1-9-12(13(17)18)7-11(20-9)8-15-14(19)16(2)10-5-3-4-6-10/h7,10H,3-6,8H2,1-2H3,(H,15,19)(H,17,18). The second-order valence-electron chi connectivity index (χ2n) is 5.20. The van der Waals surface area contributed by atoms with Crippen LogP contribution in [0.15, 0.2) is 10.5 Å². The topological polar surface area (TPSA) is 82.8 Å². The fraction of sp³-hybridized carbons (Fsp3) is 0.571. The van der Waals surface area contributed by atoms with Crippen molar-refractivity contribution < 1.29 is 19.1 Å². The number of hydrogen-bond acceptors (Lipinski definition) is 3. The molecule has 2 N–H and O–H groups in total. The van der Waals surface area contributed by atoms with Crippen molar-refractivity contribution in [3.63, 3.8) is 0 Å². The molecule has 0 unspecified atom stereocenters. The van der Waals surface area contributed by atoms with Crippen LogP contribution in [-0.2, 0) is 6.54 Å².